The summed E-state index contributed by atoms with van der Waals surface area (Å²) in [6.07, 6.45) is 3.93. The summed E-state index contributed by atoms with van der Waals surface area (Å²) in [5.41, 5.74) is 5.68. The predicted molar refractivity (Wildman–Crippen MR) is 72.4 cm³/mol. The van der Waals surface area contributed by atoms with Crippen LogP contribution in [0, 0.1) is 0 Å². The van der Waals surface area contributed by atoms with Gasteiger partial charge in [0.2, 0.25) is 0 Å². The minimum Gasteiger partial charge on any atom is -0.480 e. The van der Waals surface area contributed by atoms with Crippen LogP contribution in [0.1, 0.15) is 33.1 Å². The third-order valence-electron chi connectivity index (χ3n) is 3.35. The molecule has 0 unspecified atom stereocenters. The monoisotopic (exact) mass is 260 g/mol. The van der Waals surface area contributed by atoms with Crippen LogP contribution in [-0.2, 0) is 4.79 Å². The molecule has 0 aromatic heterocycles. The largest absolute Gasteiger partial charge is 0.480 e. The van der Waals surface area contributed by atoms with Crippen LogP contribution >= 0.6 is 11.8 Å². The number of rotatable bonds is 6. The zero-order valence-electron chi connectivity index (χ0n) is 10.8. The molecule has 100 valence electrons. The summed E-state index contributed by atoms with van der Waals surface area (Å²) in [6.45, 7) is 7.23. The van der Waals surface area contributed by atoms with E-state index in [1.807, 2.05) is 13.8 Å². The molecule has 1 rings (SSSR count). The molecule has 0 aromatic rings. The van der Waals surface area contributed by atoms with E-state index in [2.05, 4.69) is 4.90 Å². The van der Waals surface area contributed by atoms with E-state index in [4.69, 9.17) is 10.8 Å². The summed E-state index contributed by atoms with van der Waals surface area (Å²) in [5, 5.41) is 8.92. The first kappa shape index (κ1) is 14.8. The maximum absolute atomic E-state index is 10.9. The molecule has 0 aliphatic carbocycles. The van der Waals surface area contributed by atoms with E-state index in [0.717, 1.165) is 12.3 Å². The van der Waals surface area contributed by atoms with Gasteiger partial charge in [0.05, 0.1) is 0 Å². The second kappa shape index (κ2) is 6.61. The molecule has 1 heterocycles. The van der Waals surface area contributed by atoms with Crippen LogP contribution in [-0.4, -0.2) is 52.2 Å². The highest BCUT2D eigenvalue weighted by atomic mass is 32.2. The second-order valence-corrected chi connectivity index (χ2v) is 6.92. The average Bonchev–Trinajstić information content (AvgIpc) is 2.29. The molecule has 1 saturated heterocycles. The van der Waals surface area contributed by atoms with Gasteiger partial charge in [-0.15, -0.1) is 0 Å². The third-order valence-corrected chi connectivity index (χ3v) is 4.73. The molecule has 1 aliphatic heterocycles. The maximum Gasteiger partial charge on any atom is 0.321 e. The Bertz CT molecular complexity index is 253. The third kappa shape index (κ3) is 4.85. The first-order valence-electron chi connectivity index (χ1n) is 6.28. The van der Waals surface area contributed by atoms with E-state index in [1.54, 1.807) is 11.8 Å². The normalized spacial score (nSPS) is 20.2. The minimum atomic E-state index is -0.916. The van der Waals surface area contributed by atoms with Gasteiger partial charge in [0.1, 0.15) is 6.04 Å². The molecule has 0 bridgehead atoms. The van der Waals surface area contributed by atoms with Crippen LogP contribution in [0.25, 0.3) is 0 Å². The number of nitrogens with zero attached hydrogens (tertiary/aromatic N) is 1. The van der Waals surface area contributed by atoms with Gasteiger partial charge >= 0.3 is 5.97 Å². The summed E-state index contributed by atoms with van der Waals surface area (Å²) in [7, 11) is 0. The Morgan fingerprint density at radius 1 is 1.41 bits per heavy atom. The fourth-order valence-electron chi connectivity index (χ4n) is 2.01. The number of nitrogens with two attached hydrogens (primary N) is 1. The first-order chi connectivity index (χ1) is 7.93. The van der Waals surface area contributed by atoms with E-state index in [1.165, 1.54) is 32.4 Å². The van der Waals surface area contributed by atoms with Crippen molar-refractivity contribution in [2.24, 2.45) is 5.73 Å². The summed E-state index contributed by atoms with van der Waals surface area (Å²) in [5.74, 6) is 0.0361. The van der Waals surface area contributed by atoms with Gasteiger partial charge in [0, 0.05) is 17.0 Å². The number of hydrogen-bond donors (Lipinski definition) is 2. The number of carbonyl (C=O) groups is 1. The van der Waals surface area contributed by atoms with E-state index >= 15 is 0 Å². The summed E-state index contributed by atoms with van der Waals surface area (Å²) in [6, 6.07) is -0.797. The number of thioether (sulfide) groups is 1. The molecule has 4 nitrogen and oxygen atoms in total. The van der Waals surface area contributed by atoms with Gasteiger partial charge in [-0.2, -0.15) is 11.8 Å². The van der Waals surface area contributed by atoms with E-state index < -0.39 is 16.8 Å². The van der Waals surface area contributed by atoms with Crippen LogP contribution in [0.3, 0.4) is 0 Å². The molecule has 3 N–H and O–H groups in total. The van der Waals surface area contributed by atoms with Crippen molar-refractivity contribution in [3.05, 3.63) is 0 Å². The van der Waals surface area contributed by atoms with Crippen LogP contribution in [0.2, 0.25) is 0 Å². The Labute approximate surface area is 108 Å². The highest BCUT2D eigenvalue weighted by Crippen LogP contribution is 2.27. The smallest absolute Gasteiger partial charge is 0.321 e. The standard InChI is InChI=1S/C12H24N2O2S/c1-12(2,10(13)11(15)16)17-9-8-14-6-4-3-5-7-14/h10H,3-9,13H2,1-2H3,(H,15,16)/t10-/m0/s1. The Morgan fingerprint density at radius 2 is 2.00 bits per heavy atom. The van der Waals surface area contributed by atoms with Crippen LogP contribution in [0.15, 0.2) is 0 Å². The summed E-state index contributed by atoms with van der Waals surface area (Å²) < 4.78 is -0.401. The second-order valence-electron chi connectivity index (χ2n) is 5.17. The zero-order chi connectivity index (χ0) is 12.9. The molecule has 0 saturated carbocycles. The van der Waals surface area contributed by atoms with Crippen LogP contribution in [0.4, 0.5) is 0 Å². The molecule has 1 fully saturated rings. The van der Waals surface area contributed by atoms with Gasteiger partial charge in [-0.25, -0.2) is 0 Å². The topological polar surface area (TPSA) is 66.6 Å². The van der Waals surface area contributed by atoms with E-state index in [-0.39, 0.29) is 0 Å². The predicted octanol–water partition coefficient (Wildman–Crippen LogP) is 1.40. The van der Waals surface area contributed by atoms with Gasteiger partial charge in [-0.3, -0.25) is 4.79 Å². The van der Waals surface area contributed by atoms with Crippen molar-refractivity contribution >= 4 is 17.7 Å². The van der Waals surface area contributed by atoms with Gasteiger partial charge < -0.3 is 15.7 Å². The van der Waals surface area contributed by atoms with Crippen molar-refractivity contribution in [3.63, 3.8) is 0 Å². The molecule has 0 amide bonds. The van der Waals surface area contributed by atoms with Crippen molar-refractivity contribution in [2.75, 3.05) is 25.4 Å². The van der Waals surface area contributed by atoms with Gasteiger partial charge in [0.25, 0.3) is 0 Å². The van der Waals surface area contributed by atoms with Crippen molar-refractivity contribution < 1.29 is 9.90 Å². The SMILES string of the molecule is CC(C)(SCCN1CCCCC1)[C@@H](N)C(=O)O. The Kier molecular flexibility index (Phi) is 5.76. The van der Waals surface area contributed by atoms with Crippen molar-refractivity contribution in [2.45, 2.75) is 43.9 Å². The van der Waals surface area contributed by atoms with Gasteiger partial charge in [-0.1, -0.05) is 6.42 Å². The zero-order valence-corrected chi connectivity index (χ0v) is 11.6. The van der Waals surface area contributed by atoms with Crippen molar-refractivity contribution in [1.29, 1.82) is 0 Å². The van der Waals surface area contributed by atoms with Gasteiger partial charge in [-0.05, 0) is 39.8 Å². The Morgan fingerprint density at radius 3 is 2.53 bits per heavy atom. The average molecular weight is 260 g/mol. The van der Waals surface area contributed by atoms with Crippen molar-refractivity contribution in [1.82, 2.24) is 4.90 Å². The molecule has 0 radical (unpaired) electrons. The lowest BCUT2D eigenvalue weighted by molar-refractivity contribution is -0.139. The quantitative estimate of drug-likeness (QED) is 0.755. The van der Waals surface area contributed by atoms with E-state index in [9.17, 15) is 4.79 Å². The fraction of sp³-hybridized carbons (Fsp3) is 0.917. The fourth-order valence-corrected chi connectivity index (χ4v) is 3.16. The number of carboxylic acids is 1. The lowest BCUT2D eigenvalue weighted by Crippen LogP contribution is -2.47. The number of carboxylic acid groups (broad SMARTS) is 1. The number of likely N-dealkylation sites (tertiary alicyclic amines) is 1. The lowest BCUT2D eigenvalue weighted by Gasteiger charge is -2.31. The molecular formula is C12H24N2O2S. The van der Waals surface area contributed by atoms with Crippen molar-refractivity contribution in [3.8, 4) is 0 Å². The summed E-state index contributed by atoms with van der Waals surface area (Å²) in [4.78, 5) is 13.3. The number of hydrogen-bond acceptors (Lipinski definition) is 4. The molecule has 1 aliphatic rings. The number of aliphatic carboxylic acids is 1. The Hall–Kier alpha value is -0.260. The molecule has 0 spiro atoms. The van der Waals surface area contributed by atoms with Gasteiger partial charge in [0.15, 0.2) is 0 Å². The minimum absolute atomic E-state index is 0.401. The first-order valence-corrected chi connectivity index (χ1v) is 7.27. The Balaban J connectivity index is 2.26. The molecule has 1 atom stereocenters. The van der Waals surface area contributed by atoms with Crippen LogP contribution < -0.4 is 5.73 Å². The van der Waals surface area contributed by atoms with Crippen LogP contribution in [0.5, 0.6) is 0 Å². The molecule has 5 heteroatoms. The highest BCUT2D eigenvalue weighted by Gasteiger charge is 2.32. The molecular weight excluding hydrogens is 236 g/mol. The summed E-state index contributed by atoms with van der Waals surface area (Å²) >= 11 is 1.66. The maximum atomic E-state index is 10.9. The lowest BCUT2D eigenvalue weighted by atomic mass is 10.1. The number of piperidine rings is 1. The molecule has 17 heavy (non-hydrogen) atoms. The molecule has 0 aromatic carbocycles. The van der Waals surface area contributed by atoms with E-state index in [0.29, 0.717) is 0 Å². The highest BCUT2D eigenvalue weighted by molar-refractivity contribution is 8.00.